The van der Waals surface area contributed by atoms with Crippen LogP contribution in [0.4, 0.5) is 0 Å². The van der Waals surface area contributed by atoms with Crippen LogP contribution in [0.5, 0.6) is 5.75 Å². The van der Waals surface area contributed by atoms with Crippen molar-refractivity contribution in [3.63, 3.8) is 0 Å². The van der Waals surface area contributed by atoms with E-state index in [4.69, 9.17) is 16.3 Å². The van der Waals surface area contributed by atoms with E-state index in [0.717, 1.165) is 46.2 Å². The normalized spacial score (nSPS) is 14.0. The zero-order chi connectivity index (χ0) is 20.6. The number of halogens is 1. The SMILES string of the molecule is Clc1ccc(-c2ccc(C#Cc3ccc(OCC[C]4CCCCC4)cc3)nc2)cc1. The second kappa shape index (κ2) is 10.3. The number of aromatic nitrogens is 1. The summed E-state index contributed by atoms with van der Waals surface area (Å²) in [4.78, 5) is 4.46. The van der Waals surface area contributed by atoms with Gasteiger partial charge in [-0.1, -0.05) is 55.0 Å². The Morgan fingerprint density at radius 1 is 0.800 bits per heavy atom. The average Bonchev–Trinajstić information content (AvgIpc) is 2.80. The molecule has 1 heterocycles. The van der Waals surface area contributed by atoms with Gasteiger partial charge < -0.3 is 4.74 Å². The van der Waals surface area contributed by atoms with E-state index in [2.05, 4.69) is 16.8 Å². The molecule has 0 amide bonds. The molecule has 1 radical (unpaired) electrons. The number of hydrogen-bond donors (Lipinski definition) is 0. The highest BCUT2D eigenvalue weighted by Gasteiger charge is 2.13. The third-order valence-electron chi connectivity index (χ3n) is 5.42. The number of nitrogens with zero attached hydrogens (tertiary/aromatic N) is 1. The molecule has 3 aromatic rings. The van der Waals surface area contributed by atoms with Crippen LogP contribution < -0.4 is 4.74 Å². The Morgan fingerprint density at radius 2 is 1.53 bits per heavy atom. The lowest BCUT2D eigenvalue weighted by molar-refractivity contribution is 0.303. The molecule has 1 aliphatic rings. The van der Waals surface area contributed by atoms with Gasteiger partial charge in [0.25, 0.3) is 0 Å². The highest BCUT2D eigenvalue weighted by atomic mass is 35.5. The summed E-state index contributed by atoms with van der Waals surface area (Å²) in [6.45, 7) is 0.768. The Bertz CT molecular complexity index is 992. The Morgan fingerprint density at radius 3 is 2.23 bits per heavy atom. The summed E-state index contributed by atoms with van der Waals surface area (Å²) >= 11 is 5.95. The first-order valence-electron chi connectivity index (χ1n) is 10.6. The third kappa shape index (κ3) is 5.88. The molecule has 1 aliphatic carbocycles. The number of ether oxygens (including phenoxy) is 1. The topological polar surface area (TPSA) is 22.1 Å². The summed E-state index contributed by atoms with van der Waals surface area (Å²) < 4.78 is 5.90. The zero-order valence-corrected chi connectivity index (χ0v) is 17.8. The van der Waals surface area contributed by atoms with E-state index in [1.54, 1.807) is 5.92 Å². The Kier molecular flexibility index (Phi) is 7.06. The van der Waals surface area contributed by atoms with Crippen molar-refractivity contribution in [3.05, 3.63) is 89.1 Å². The fraction of sp³-hybridized carbons (Fsp3) is 0.259. The second-order valence-corrected chi connectivity index (χ2v) is 8.06. The minimum absolute atomic E-state index is 0.730. The van der Waals surface area contributed by atoms with Gasteiger partial charge in [0.05, 0.1) is 6.61 Å². The van der Waals surface area contributed by atoms with Crippen molar-refractivity contribution in [3.8, 4) is 28.7 Å². The van der Waals surface area contributed by atoms with E-state index < -0.39 is 0 Å². The van der Waals surface area contributed by atoms with E-state index in [0.29, 0.717) is 0 Å². The number of rotatable bonds is 5. The first-order valence-corrected chi connectivity index (χ1v) is 10.9. The van der Waals surface area contributed by atoms with Gasteiger partial charge in [-0.2, -0.15) is 0 Å². The minimum atomic E-state index is 0.730. The van der Waals surface area contributed by atoms with E-state index in [1.165, 1.54) is 32.1 Å². The van der Waals surface area contributed by atoms with Crippen LogP contribution in [0.25, 0.3) is 11.1 Å². The van der Waals surface area contributed by atoms with Crippen LogP contribution >= 0.6 is 11.6 Å². The first kappa shape index (κ1) is 20.5. The Hall–Kier alpha value is -2.76. The molecule has 1 saturated carbocycles. The van der Waals surface area contributed by atoms with Gasteiger partial charge in [0.1, 0.15) is 11.4 Å². The molecule has 151 valence electrons. The highest BCUT2D eigenvalue weighted by molar-refractivity contribution is 6.30. The zero-order valence-electron chi connectivity index (χ0n) is 17.0. The molecular formula is C27H25ClNO. The molecule has 0 aliphatic heterocycles. The Balaban J connectivity index is 1.30. The van der Waals surface area contributed by atoms with Crippen LogP contribution in [-0.4, -0.2) is 11.6 Å². The predicted octanol–water partition coefficient (Wildman–Crippen LogP) is 7.11. The van der Waals surface area contributed by atoms with Gasteiger partial charge in [0.15, 0.2) is 0 Å². The molecule has 0 N–H and O–H groups in total. The molecule has 0 atom stereocenters. The van der Waals surface area contributed by atoms with Crippen molar-refractivity contribution in [1.82, 2.24) is 4.98 Å². The molecule has 1 fully saturated rings. The molecule has 30 heavy (non-hydrogen) atoms. The summed E-state index contributed by atoms with van der Waals surface area (Å²) in [5.41, 5.74) is 3.83. The summed E-state index contributed by atoms with van der Waals surface area (Å²) in [5.74, 6) is 8.87. The molecular weight excluding hydrogens is 390 g/mol. The van der Waals surface area contributed by atoms with Crippen molar-refractivity contribution in [2.75, 3.05) is 6.61 Å². The quantitative estimate of drug-likeness (QED) is 0.415. The monoisotopic (exact) mass is 414 g/mol. The second-order valence-electron chi connectivity index (χ2n) is 7.62. The molecule has 2 nitrogen and oxygen atoms in total. The molecule has 0 unspecified atom stereocenters. The van der Waals surface area contributed by atoms with E-state index in [9.17, 15) is 0 Å². The van der Waals surface area contributed by atoms with Crippen LogP contribution in [0.15, 0.2) is 66.9 Å². The molecule has 2 aromatic carbocycles. The largest absolute Gasteiger partial charge is 0.494 e. The van der Waals surface area contributed by atoms with Gasteiger partial charge in [-0.15, -0.1) is 0 Å². The standard InChI is InChI=1S/C27H25ClNO/c28-25-12-9-23(10-13-25)24-11-15-26(29-20-24)14-6-22-7-16-27(17-8-22)30-19-18-21-4-2-1-3-5-21/h7-13,15-17,20H,1-5,18-19H2. The smallest absolute Gasteiger partial charge is 0.119 e. The maximum absolute atomic E-state index is 5.95. The number of pyridine rings is 1. The summed E-state index contributed by atoms with van der Waals surface area (Å²) in [6, 6.07) is 19.7. The highest BCUT2D eigenvalue weighted by Crippen LogP contribution is 2.28. The van der Waals surface area contributed by atoms with Gasteiger partial charge in [0.2, 0.25) is 0 Å². The van der Waals surface area contributed by atoms with Gasteiger partial charge in [-0.3, -0.25) is 0 Å². The predicted molar refractivity (Wildman–Crippen MR) is 124 cm³/mol. The molecule has 4 rings (SSSR count). The lowest BCUT2D eigenvalue weighted by Crippen LogP contribution is -2.08. The summed E-state index contributed by atoms with van der Waals surface area (Å²) in [6.07, 6.45) is 9.57. The van der Waals surface area contributed by atoms with E-state index in [-0.39, 0.29) is 0 Å². The van der Waals surface area contributed by atoms with Crippen LogP contribution in [0.3, 0.4) is 0 Å². The molecule has 0 bridgehead atoms. The third-order valence-corrected chi connectivity index (χ3v) is 5.67. The first-order chi connectivity index (χ1) is 14.8. The van der Waals surface area contributed by atoms with Crippen LogP contribution in [0.1, 0.15) is 49.8 Å². The average molecular weight is 415 g/mol. The van der Waals surface area contributed by atoms with Crippen molar-refractivity contribution in [2.45, 2.75) is 38.5 Å². The Labute approximate surface area is 184 Å². The lowest BCUT2D eigenvalue weighted by atomic mass is 9.87. The molecule has 0 spiro atoms. The van der Waals surface area contributed by atoms with Crippen LogP contribution in [0, 0.1) is 17.8 Å². The van der Waals surface area contributed by atoms with Crippen LogP contribution in [0.2, 0.25) is 5.02 Å². The van der Waals surface area contributed by atoms with Crippen molar-refractivity contribution in [2.24, 2.45) is 0 Å². The van der Waals surface area contributed by atoms with Crippen LogP contribution in [-0.2, 0) is 0 Å². The fourth-order valence-corrected chi connectivity index (χ4v) is 3.79. The summed E-state index contributed by atoms with van der Waals surface area (Å²) in [7, 11) is 0. The fourth-order valence-electron chi connectivity index (χ4n) is 3.67. The maximum Gasteiger partial charge on any atom is 0.119 e. The molecule has 3 heteroatoms. The van der Waals surface area contributed by atoms with E-state index in [1.807, 2.05) is 66.9 Å². The molecule has 1 aromatic heterocycles. The van der Waals surface area contributed by atoms with Crippen molar-refractivity contribution >= 4 is 11.6 Å². The summed E-state index contributed by atoms with van der Waals surface area (Å²) in [5, 5.41) is 0.730. The van der Waals surface area contributed by atoms with Crippen molar-refractivity contribution in [1.29, 1.82) is 0 Å². The van der Waals surface area contributed by atoms with E-state index >= 15 is 0 Å². The minimum Gasteiger partial charge on any atom is -0.494 e. The van der Waals surface area contributed by atoms with Gasteiger partial charge >= 0.3 is 0 Å². The lowest BCUT2D eigenvalue weighted by Gasteiger charge is -2.20. The number of benzene rings is 2. The van der Waals surface area contributed by atoms with Gasteiger partial charge in [-0.05, 0) is 79.1 Å². The van der Waals surface area contributed by atoms with Crippen molar-refractivity contribution < 1.29 is 4.74 Å². The van der Waals surface area contributed by atoms with Gasteiger partial charge in [-0.25, -0.2) is 4.98 Å². The van der Waals surface area contributed by atoms with Gasteiger partial charge in [0, 0.05) is 22.3 Å². The molecule has 0 saturated heterocycles. The maximum atomic E-state index is 5.95. The number of hydrogen-bond acceptors (Lipinski definition) is 2.